The number of fused-ring (bicyclic) bond motifs is 1. The molecule has 0 spiro atoms. The maximum absolute atomic E-state index is 3.57. The van der Waals surface area contributed by atoms with E-state index in [2.05, 4.69) is 52.9 Å². The molecule has 1 aliphatic carbocycles. The summed E-state index contributed by atoms with van der Waals surface area (Å²) in [6.07, 6.45) is 4.99. The molecule has 0 unspecified atom stereocenters. The van der Waals surface area contributed by atoms with Crippen LogP contribution in [0.1, 0.15) is 37.8 Å². The predicted octanol–water partition coefficient (Wildman–Crippen LogP) is 4.04. The largest absolute Gasteiger partial charge is 0.300 e. The fraction of sp³-hybridized carbons (Fsp3) is 0.600. The minimum Gasteiger partial charge on any atom is -0.300 e. The molecule has 1 aliphatic rings. The molecule has 0 saturated carbocycles. The first-order valence-corrected chi connectivity index (χ1v) is 7.55. The van der Waals surface area contributed by atoms with Gasteiger partial charge in [-0.1, -0.05) is 35.8 Å². The van der Waals surface area contributed by atoms with Crippen molar-refractivity contribution in [2.75, 3.05) is 13.1 Å². The Bertz CT molecular complexity index is 369. The third-order valence-corrected chi connectivity index (χ3v) is 4.11. The molecule has 94 valence electrons. The smallest absolute Gasteiger partial charge is 0.0178 e. The molecule has 0 heterocycles. The molecule has 17 heavy (non-hydrogen) atoms. The fourth-order valence-electron chi connectivity index (χ4n) is 2.87. The van der Waals surface area contributed by atoms with Crippen molar-refractivity contribution in [3.8, 4) is 0 Å². The minimum absolute atomic E-state index is 0.735. The molecule has 1 aromatic rings. The maximum Gasteiger partial charge on any atom is 0.0178 e. The number of hydrogen-bond acceptors (Lipinski definition) is 1. The lowest BCUT2D eigenvalue weighted by molar-refractivity contribution is 0.202. The predicted molar refractivity (Wildman–Crippen MR) is 77.5 cm³/mol. The molecular weight excluding hydrogens is 274 g/mol. The quantitative estimate of drug-likeness (QED) is 0.792. The van der Waals surface area contributed by atoms with Gasteiger partial charge in [-0.2, -0.15) is 0 Å². The molecule has 0 amide bonds. The summed E-state index contributed by atoms with van der Waals surface area (Å²) in [5.41, 5.74) is 3.09. The number of hydrogen-bond donors (Lipinski definition) is 0. The summed E-state index contributed by atoms with van der Waals surface area (Å²) in [4.78, 5) is 2.67. The van der Waals surface area contributed by atoms with Crippen LogP contribution in [0.15, 0.2) is 22.7 Å². The summed E-state index contributed by atoms with van der Waals surface area (Å²) in [6.45, 7) is 7.05. The van der Waals surface area contributed by atoms with Gasteiger partial charge in [-0.25, -0.2) is 0 Å². The molecule has 0 saturated heterocycles. The van der Waals surface area contributed by atoms with Crippen LogP contribution in [0.4, 0.5) is 0 Å². The standard InChI is InChI=1S/C15H22BrN/c1-3-7-17(8-4-2)15-10-12-5-6-14(16)9-13(12)11-15/h5-6,9,15H,3-4,7-8,10-11H2,1-2H3/t15-/m0/s1. The molecule has 0 aliphatic heterocycles. The van der Waals surface area contributed by atoms with Gasteiger partial charge in [0.25, 0.3) is 0 Å². The topological polar surface area (TPSA) is 3.24 Å². The van der Waals surface area contributed by atoms with E-state index in [1.54, 1.807) is 11.1 Å². The normalized spacial score (nSPS) is 18.7. The Morgan fingerprint density at radius 1 is 1.12 bits per heavy atom. The summed E-state index contributed by atoms with van der Waals surface area (Å²) >= 11 is 3.57. The molecule has 0 aromatic heterocycles. The average molecular weight is 296 g/mol. The summed E-state index contributed by atoms with van der Waals surface area (Å²) in [7, 11) is 0. The molecule has 0 fully saturated rings. The van der Waals surface area contributed by atoms with Gasteiger partial charge in [-0.05, 0) is 62.0 Å². The highest BCUT2D eigenvalue weighted by molar-refractivity contribution is 9.10. The Balaban J connectivity index is 2.07. The van der Waals surface area contributed by atoms with Gasteiger partial charge in [0.05, 0.1) is 0 Å². The van der Waals surface area contributed by atoms with Crippen molar-refractivity contribution in [2.24, 2.45) is 0 Å². The van der Waals surface area contributed by atoms with E-state index in [1.807, 2.05) is 0 Å². The molecule has 2 rings (SSSR count). The van der Waals surface area contributed by atoms with Crippen LogP contribution < -0.4 is 0 Å². The lowest BCUT2D eigenvalue weighted by atomic mass is 10.1. The average Bonchev–Trinajstić information content (AvgIpc) is 2.71. The van der Waals surface area contributed by atoms with Crippen LogP contribution in [-0.4, -0.2) is 24.0 Å². The molecule has 0 N–H and O–H groups in total. The lowest BCUT2D eigenvalue weighted by Gasteiger charge is -2.27. The first kappa shape index (κ1) is 13.1. The van der Waals surface area contributed by atoms with Gasteiger partial charge in [0, 0.05) is 10.5 Å². The van der Waals surface area contributed by atoms with Crippen molar-refractivity contribution < 1.29 is 0 Å². The van der Waals surface area contributed by atoms with Crippen LogP contribution in [0.25, 0.3) is 0 Å². The first-order valence-electron chi connectivity index (χ1n) is 6.76. The highest BCUT2D eigenvalue weighted by atomic mass is 79.9. The molecule has 1 aromatic carbocycles. The van der Waals surface area contributed by atoms with Crippen molar-refractivity contribution in [3.63, 3.8) is 0 Å². The second-order valence-electron chi connectivity index (χ2n) is 5.01. The summed E-state index contributed by atoms with van der Waals surface area (Å²) in [6, 6.07) is 7.49. The van der Waals surface area contributed by atoms with Gasteiger partial charge >= 0.3 is 0 Å². The first-order chi connectivity index (χ1) is 8.24. The number of rotatable bonds is 5. The van der Waals surface area contributed by atoms with Gasteiger partial charge in [-0.3, -0.25) is 4.90 Å². The summed E-state index contributed by atoms with van der Waals surface area (Å²) in [5.74, 6) is 0. The molecule has 0 radical (unpaired) electrons. The van der Waals surface area contributed by atoms with Crippen LogP contribution >= 0.6 is 15.9 Å². The summed E-state index contributed by atoms with van der Waals surface area (Å²) in [5, 5.41) is 0. The van der Waals surface area contributed by atoms with Crippen molar-refractivity contribution in [2.45, 2.75) is 45.6 Å². The highest BCUT2D eigenvalue weighted by Crippen LogP contribution is 2.28. The van der Waals surface area contributed by atoms with Crippen LogP contribution in [0, 0.1) is 0 Å². The number of nitrogens with zero attached hydrogens (tertiary/aromatic N) is 1. The van der Waals surface area contributed by atoms with Crippen molar-refractivity contribution >= 4 is 15.9 Å². The van der Waals surface area contributed by atoms with E-state index in [1.165, 1.54) is 43.2 Å². The monoisotopic (exact) mass is 295 g/mol. The molecule has 0 bridgehead atoms. The highest BCUT2D eigenvalue weighted by Gasteiger charge is 2.25. The SMILES string of the molecule is CCCN(CCC)[C@H]1Cc2ccc(Br)cc2C1. The minimum atomic E-state index is 0.735. The molecule has 1 nitrogen and oxygen atoms in total. The van der Waals surface area contributed by atoms with Crippen molar-refractivity contribution in [1.29, 1.82) is 0 Å². The van der Waals surface area contributed by atoms with Gasteiger partial charge in [-0.15, -0.1) is 0 Å². The van der Waals surface area contributed by atoms with E-state index >= 15 is 0 Å². The Morgan fingerprint density at radius 3 is 2.41 bits per heavy atom. The van der Waals surface area contributed by atoms with Crippen LogP contribution in [0.3, 0.4) is 0 Å². The van der Waals surface area contributed by atoms with Crippen molar-refractivity contribution in [1.82, 2.24) is 4.90 Å². The van der Waals surface area contributed by atoms with Crippen LogP contribution in [-0.2, 0) is 12.8 Å². The summed E-state index contributed by atoms with van der Waals surface area (Å²) < 4.78 is 1.22. The van der Waals surface area contributed by atoms with Crippen LogP contribution in [0.5, 0.6) is 0 Å². The zero-order chi connectivity index (χ0) is 12.3. The van der Waals surface area contributed by atoms with E-state index in [9.17, 15) is 0 Å². The lowest BCUT2D eigenvalue weighted by Crippen LogP contribution is -2.37. The van der Waals surface area contributed by atoms with Gasteiger partial charge in [0.15, 0.2) is 0 Å². The van der Waals surface area contributed by atoms with E-state index in [0.29, 0.717) is 0 Å². The fourth-order valence-corrected chi connectivity index (χ4v) is 3.28. The second-order valence-corrected chi connectivity index (χ2v) is 5.93. The molecule has 1 atom stereocenters. The van der Waals surface area contributed by atoms with Gasteiger partial charge < -0.3 is 0 Å². The van der Waals surface area contributed by atoms with Gasteiger partial charge in [0.2, 0.25) is 0 Å². The number of benzene rings is 1. The Hall–Kier alpha value is -0.340. The van der Waals surface area contributed by atoms with E-state index in [4.69, 9.17) is 0 Å². The van der Waals surface area contributed by atoms with Crippen LogP contribution in [0.2, 0.25) is 0 Å². The Morgan fingerprint density at radius 2 is 1.76 bits per heavy atom. The third kappa shape index (κ3) is 3.11. The maximum atomic E-state index is 3.57. The Kier molecular flexibility index (Phi) is 4.63. The number of halogens is 1. The van der Waals surface area contributed by atoms with E-state index in [-0.39, 0.29) is 0 Å². The third-order valence-electron chi connectivity index (χ3n) is 3.62. The zero-order valence-electron chi connectivity index (χ0n) is 10.9. The second kappa shape index (κ2) is 6.01. The molecular formula is C15H22BrN. The zero-order valence-corrected chi connectivity index (χ0v) is 12.5. The van der Waals surface area contributed by atoms with Crippen molar-refractivity contribution in [3.05, 3.63) is 33.8 Å². The van der Waals surface area contributed by atoms with E-state index in [0.717, 1.165) is 6.04 Å². The van der Waals surface area contributed by atoms with Gasteiger partial charge in [0.1, 0.15) is 0 Å². The van der Waals surface area contributed by atoms with E-state index < -0.39 is 0 Å². The Labute approximate surface area is 113 Å². The molecule has 2 heteroatoms.